The van der Waals surface area contributed by atoms with Crippen LogP contribution in [0.2, 0.25) is 0 Å². The molecule has 3 aromatic rings. The Morgan fingerprint density at radius 1 is 1.12 bits per heavy atom. The number of anilines is 1. The zero-order chi connectivity index (χ0) is 22.6. The Balaban J connectivity index is 1.61. The number of carbonyl (C=O) groups is 2. The topological polar surface area (TPSA) is 67.5 Å². The number of aryl methyl sites for hydroxylation is 2. The van der Waals surface area contributed by atoms with Crippen LogP contribution in [0.5, 0.6) is 0 Å². The van der Waals surface area contributed by atoms with Gasteiger partial charge in [0.15, 0.2) is 5.58 Å². The summed E-state index contributed by atoms with van der Waals surface area (Å²) in [6, 6.07) is 9.84. The fourth-order valence-electron chi connectivity index (χ4n) is 5.55. The average Bonchev–Trinajstić information content (AvgIpc) is 3.31. The highest BCUT2D eigenvalue weighted by Gasteiger charge is 2.49. The van der Waals surface area contributed by atoms with Crippen molar-refractivity contribution in [2.45, 2.75) is 71.5 Å². The maximum atomic E-state index is 13.9. The molecule has 1 aromatic carbocycles. The minimum atomic E-state index is -1.06. The number of nitrogens with zero attached hydrogens (tertiary/aromatic N) is 2. The fraction of sp³-hybridized carbons (Fsp3) is 0.462. The second kappa shape index (κ2) is 7.54. The summed E-state index contributed by atoms with van der Waals surface area (Å²) in [7, 11) is 0. The molecule has 3 heterocycles. The van der Waals surface area contributed by atoms with Crippen molar-refractivity contribution in [3.63, 3.8) is 0 Å². The van der Waals surface area contributed by atoms with E-state index in [4.69, 9.17) is 4.42 Å². The van der Waals surface area contributed by atoms with Gasteiger partial charge in [0.05, 0.1) is 18.3 Å². The molecule has 2 aliphatic rings. The van der Waals surface area contributed by atoms with Crippen LogP contribution in [0.1, 0.15) is 61.1 Å². The summed E-state index contributed by atoms with van der Waals surface area (Å²) in [5, 5.41) is 3.32. The van der Waals surface area contributed by atoms with Crippen LogP contribution in [0.25, 0.3) is 11.1 Å². The quantitative estimate of drug-likeness (QED) is 0.634. The van der Waals surface area contributed by atoms with Gasteiger partial charge in [-0.15, -0.1) is 0 Å². The molecule has 1 N–H and O–H groups in total. The van der Waals surface area contributed by atoms with Crippen molar-refractivity contribution in [3.8, 4) is 0 Å². The summed E-state index contributed by atoms with van der Waals surface area (Å²) in [5.41, 5.74) is 3.88. The van der Waals surface area contributed by atoms with E-state index in [1.54, 1.807) is 17.2 Å². The van der Waals surface area contributed by atoms with Crippen molar-refractivity contribution >= 4 is 28.6 Å². The molecule has 1 saturated carbocycles. The van der Waals surface area contributed by atoms with Crippen LogP contribution in [0.15, 0.2) is 41.0 Å². The molecule has 6 heteroatoms. The fourth-order valence-corrected chi connectivity index (χ4v) is 5.55. The van der Waals surface area contributed by atoms with Crippen molar-refractivity contribution in [1.29, 1.82) is 0 Å². The third-order valence-corrected chi connectivity index (χ3v) is 7.29. The number of fused-ring (bicyclic) bond motifs is 3. The second-order valence-electron chi connectivity index (χ2n) is 9.89. The van der Waals surface area contributed by atoms with E-state index < -0.39 is 5.54 Å². The highest BCUT2D eigenvalue weighted by molar-refractivity contribution is 6.13. The van der Waals surface area contributed by atoms with E-state index in [1.165, 1.54) is 6.42 Å². The Bertz CT molecular complexity index is 1190. The summed E-state index contributed by atoms with van der Waals surface area (Å²) in [6.07, 6.45) is 6.08. The maximum absolute atomic E-state index is 13.9. The maximum Gasteiger partial charge on any atom is 0.276 e. The highest BCUT2D eigenvalue weighted by Crippen LogP contribution is 2.37. The van der Waals surface area contributed by atoms with Gasteiger partial charge in [-0.1, -0.05) is 25.8 Å². The van der Waals surface area contributed by atoms with Crippen LogP contribution in [-0.4, -0.2) is 28.0 Å². The number of amides is 2. The lowest BCUT2D eigenvalue weighted by Crippen LogP contribution is -2.65. The number of hydrogen-bond acceptors (Lipinski definition) is 3. The predicted molar refractivity (Wildman–Crippen MR) is 125 cm³/mol. The minimum Gasteiger partial charge on any atom is -0.463 e. The first-order valence-electron chi connectivity index (χ1n) is 11.6. The normalized spacial score (nSPS) is 25.8. The van der Waals surface area contributed by atoms with E-state index in [9.17, 15) is 9.59 Å². The zero-order valence-electron chi connectivity index (χ0n) is 19.3. The molecule has 3 atom stereocenters. The SMILES string of the molecule is Cc1cc(C)cc(N2C(=O)c3cc4occc4n3C[C@]2(C)C(=O)N[C@H]2CCCC[C@H]2C)c1. The van der Waals surface area contributed by atoms with Gasteiger partial charge in [0.25, 0.3) is 5.91 Å². The van der Waals surface area contributed by atoms with E-state index >= 15 is 0 Å². The van der Waals surface area contributed by atoms with E-state index in [0.29, 0.717) is 23.7 Å². The number of furan rings is 1. The summed E-state index contributed by atoms with van der Waals surface area (Å²) >= 11 is 0. The second-order valence-corrected chi connectivity index (χ2v) is 9.89. The highest BCUT2D eigenvalue weighted by atomic mass is 16.3. The van der Waals surface area contributed by atoms with Crippen molar-refractivity contribution in [1.82, 2.24) is 9.88 Å². The van der Waals surface area contributed by atoms with Crippen LogP contribution in [0, 0.1) is 19.8 Å². The molecular formula is C26H31N3O3. The van der Waals surface area contributed by atoms with E-state index in [2.05, 4.69) is 18.3 Å². The molecule has 0 radical (unpaired) electrons. The van der Waals surface area contributed by atoms with Crippen molar-refractivity contribution in [2.75, 3.05) is 4.90 Å². The van der Waals surface area contributed by atoms with E-state index in [1.807, 2.05) is 43.5 Å². The Labute approximate surface area is 188 Å². The molecule has 32 heavy (non-hydrogen) atoms. The molecule has 168 valence electrons. The van der Waals surface area contributed by atoms with Gasteiger partial charge in [0, 0.05) is 23.9 Å². The van der Waals surface area contributed by atoms with Gasteiger partial charge in [0.1, 0.15) is 11.2 Å². The summed E-state index contributed by atoms with van der Waals surface area (Å²) in [5.74, 6) is 0.162. The van der Waals surface area contributed by atoms with Crippen molar-refractivity contribution in [3.05, 3.63) is 53.4 Å². The smallest absolute Gasteiger partial charge is 0.276 e. The molecule has 6 nitrogen and oxygen atoms in total. The van der Waals surface area contributed by atoms with Crippen molar-refractivity contribution < 1.29 is 14.0 Å². The number of carbonyl (C=O) groups excluding carboxylic acids is 2. The molecule has 1 fully saturated rings. The first-order valence-corrected chi connectivity index (χ1v) is 11.6. The summed E-state index contributed by atoms with van der Waals surface area (Å²) in [4.78, 5) is 29.5. The average molecular weight is 434 g/mol. The third-order valence-electron chi connectivity index (χ3n) is 7.29. The van der Waals surface area contributed by atoms with Gasteiger partial charge in [-0.25, -0.2) is 0 Å². The predicted octanol–water partition coefficient (Wildman–Crippen LogP) is 4.97. The molecular weight excluding hydrogens is 402 g/mol. The summed E-state index contributed by atoms with van der Waals surface area (Å²) in [6.45, 7) is 8.50. The molecule has 5 rings (SSSR count). The van der Waals surface area contributed by atoms with Gasteiger partial charge in [-0.05, 0) is 62.8 Å². The Morgan fingerprint density at radius 3 is 2.56 bits per heavy atom. The van der Waals surface area contributed by atoms with Gasteiger partial charge in [-0.3, -0.25) is 14.5 Å². The van der Waals surface area contributed by atoms with E-state index in [-0.39, 0.29) is 17.9 Å². The first-order chi connectivity index (χ1) is 15.3. The lowest BCUT2D eigenvalue weighted by atomic mass is 9.84. The third kappa shape index (κ3) is 3.24. The van der Waals surface area contributed by atoms with Gasteiger partial charge >= 0.3 is 0 Å². The Morgan fingerprint density at radius 2 is 1.84 bits per heavy atom. The molecule has 0 bridgehead atoms. The first kappa shape index (κ1) is 20.9. The molecule has 1 aliphatic carbocycles. The standard InChI is InChI=1S/C26H31N3O3/c1-16-11-17(2)13-19(12-16)29-24(30)22-14-23-21(9-10-32-23)28(22)15-26(29,4)25(31)27-20-8-6-5-7-18(20)3/h9-14,18,20H,5-8,15H2,1-4H3,(H,27,31)/t18-,20+,26-/m1/s1. The van der Waals surface area contributed by atoms with Crippen LogP contribution < -0.4 is 10.2 Å². The zero-order valence-corrected chi connectivity index (χ0v) is 19.3. The lowest BCUT2D eigenvalue weighted by molar-refractivity contribution is -0.127. The van der Waals surface area contributed by atoms with Gasteiger partial charge < -0.3 is 14.3 Å². The van der Waals surface area contributed by atoms with Gasteiger partial charge in [0.2, 0.25) is 5.91 Å². The van der Waals surface area contributed by atoms with Crippen LogP contribution >= 0.6 is 0 Å². The number of hydrogen-bond donors (Lipinski definition) is 1. The number of benzene rings is 1. The lowest BCUT2D eigenvalue weighted by Gasteiger charge is -2.45. The largest absolute Gasteiger partial charge is 0.463 e. The monoisotopic (exact) mass is 433 g/mol. The van der Waals surface area contributed by atoms with Crippen LogP contribution in [0.3, 0.4) is 0 Å². The van der Waals surface area contributed by atoms with Gasteiger partial charge in [-0.2, -0.15) is 0 Å². The molecule has 0 unspecified atom stereocenters. The Kier molecular flexibility index (Phi) is 4.91. The molecule has 2 amide bonds. The Hall–Kier alpha value is -3.02. The number of rotatable bonds is 3. The molecule has 2 aromatic heterocycles. The number of nitrogens with one attached hydrogen (secondary N) is 1. The summed E-state index contributed by atoms with van der Waals surface area (Å²) < 4.78 is 7.50. The minimum absolute atomic E-state index is 0.0974. The van der Waals surface area contributed by atoms with E-state index in [0.717, 1.165) is 41.6 Å². The van der Waals surface area contributed by atoms with Crippen LogP contribution in [-0.2, 0) is 11.3 Å². The molecule has 0 spiro atoms. The van der Waals surface area contributed by atoms with Crippen LogP contribution in [0.4, 0.5) is 5.69 Å². The van der Waals surface area contributed by atoms with Crippen molar-refractivity contribution in [2.24, 2.45) is 5.92 Å². The molecule has 1 aliphatic heterocycles. The molecule has 0 saturated heterocycles. The number of aromatic nitrogens is 1.